The third-order valence-corrected chi connectivity index (χ3v) is 5.13. The molecule has 0 unspecified atom stereocenters. The van der Waals surface area contributed by atoms with E-state index in [1.807, 2.05) is 18.2 Å². The highest BCUT2D eigenvalue weighted by Crippen LogP contribution is 2.33. The Bertz CT molecular complexity index is 1150. The zero-order valence-corrected chi connectivity index (χ0v) is 17.0. The van der Waals surface area contributed by atoms with Crippen LogP contribution in [0.25, 0.3) is 22.4 Å². The fraction of sp³-hybridized carbons (Fsp3) is 0.238. The molecule has 0 fully saturated rings. The number of oxazole rings is 1. The Morgan fingerprint density at radius 3 is 2.57 bits per heavy atom. The van der Waals surface area contributed by atoms with Gasteiger partial charge in [0.25, 0.3) is 0 Å². The molecule has 2 aromatic heterocycles. The van der Waals surface area contributed by atoms with E-state index in [4.69, 9.17) is 42.9 Å². The summed E-state index contributed by atoms with van der Waals surface area (Å²) < 4.78 is 11.5. The Morgan fingerprint density at radius 1 is 1.04 bits per heavy atom. The molecule has 0 aliphatic rings. The molecule has 7 heteroatoms. The van der Waals surface area contributed by atoms with Gasteiger partial charge in [0.05, 0.1) is 22.0 Å². The van der Waals surface area contributed by atoms with Gasteiger partial charge in [-0.25, -0.2) is 4.98 Å². The van der Waals surface area contributed by atoms with Gasteiger partial charge in [-0.05, 0) is 43.2 Å². The first kappa shape index (κ1) is 18.8. The van der Waals surface area contributed by atoms with Crippen molar-refractivity contribution in [2.75, 3.05) is 5.73 Å². The molecule has 0 atom stereocenters. The number of halogens is 2. The summed E-state index contributed by atoms with van der Waals surface area (Å²) in [4.78, 5) is 4.71. The van der Waals surface area contributed by atoms with Crippen molar-refractivity contribution in [1.82, 2.24) is 10.1 Å². The van der Waals surface area contributed by atoms with Gasteiger partial charge in [0.15, 0.2) is 5.58 Å². The molecule has 0 saturated heterocycles. The fourth-order valence-electron chi connectivity index (χ4n) is 3.20. The second-order valence-corrected chi connectivity index (χ2v) is 7.84. The van der Waals surface area contributed by atoms with Gasteiger partial charge in [-0.3, -0.25) is 0 Å². The highest BCUT2D eigenvalue weighted by Gasteiger charge is 2.20. The van der Waals surface area contributed by atoms with Crippen molar-refractivity contribution >= 4 is 39.9 Å². The number of aromatic nitrogens is 2. The molecule has 0 spiro atoms. The average molecular weight is 416 g/mol. The lowest BCUT2D eigenvalue weighted by Crippen LogP contribution is -1.98. The van der Waals surface area contributed by atoms with Crippen molar-refractivity contribution in [3.63, 3.8) is 0 Å². The zero-order valence-electron chi connectivity index (χ0n) is 15.5. The average Bonchev–Trinajstić information content (AvgIpc) is 3.23. The van der Waals surface area contributed by atoms with Crippen LogP contribution in [0.2, 0.25) is 10.0 Å². The smallest absolute Gasteiger partial charge is 0.228 e. The van der Waals surface area contributed by atoms with Gasteiger partial charge in [-0.1, -0.05) is 42.2 Å². The van der Waals surface area contributed by atoms with Crippen LogP contribution in [0.4, 0.5) is 5.69 Å². The summed E-state index contributed by atoms with van der Waals surface area (Å²) in [5.74, 6) is 1.53. The number of benzene rings is 2. The summed E-state index contributed by atoms with van der Waals surface area (Å²) in [5.41, 5.74) is 9.63. The van der Waals surface area contributed by atoms with Crippen LogP contribution in [-0.2, 0) is 12.8 Å². The Labute approximate surface area is 172 Å². The summed E-state index contributed by atoms with van der Waals surface area (Å²) in [7, 11) is 0. The number of nitrogens with zero attached hydrogens (tertiary/aromatic N) is 2. The lowest BCUT2D eigenvalue weighted by atomic mass is 10.0. The van der Waals surface area contributed by atoms with Gasteiger partial charge in [0.2, 0.25) is 5.89 Å². The fourth-order valence-corrected chi connectivity index (χ4v) is 3.68. The van der Waals surface area contributed by atoms with Crippen molar-refractivity contribution in [2.45, 2.75) is 32.6 Å². The van der Waals surface area contributed by atoms with Crippen LogP contribution in [0.3, 0.4) is 0 Å². The van der Waals surface area contributed by atoms with Gasteiger partial charge in [-0.15, -0.1) is 0 Å². The van der Waals surface area contributed by atoms with Gasteiger partial charge in [0, 0.05) is 28.1 Å². The third kappa shape index (κ3) is 3.60. The minimum Gasteiger partial charge on any atom is -0.441 e. The van der Waals surface area contributed by atoms with E-state index >= 15 is 0 Å². The van der Waals surface area contributed by atoms with Crippen LogP contribution < -0.4 is 5.73 Å². The first-order valence-electron chi connectivity index (χ1n) is 9.01. The highest BCUT2D eigenvalue weighted by molar-refractivity contribution is 6.36. The summed E-state index contributed by atoms with van der Waals surface area (Å²) in [6.45, 7) is 4.15. The van der Waals surface area contributed by atoms with E-state index in [1.165, 1.54) is 0 Å². The molecule has 0 amide bonds. The minimum atomic E-state index is 0.191. The topological polar surface area (TPSA) is 78.1 Å². The lowest BCUT2D eigenvalue weighted by molar-refractivity contribution is 0.445. The van der Waals surface area contributed by atoms with E-state index < -0.39 is 0 Å². The maximum atomic E-state index is 6.32. The predicted molar refractivity (Wildman–Crippen MR) is 112 cm³/mol. The lowest BCUT2D eigenvalue weighted by Gasteiger charge is -2.03. The second-order valence-electron chi connectivity index (χ2n) is 6.99. The molecule has 0 bridgehead atoms. The Kier molecular flexibility index (Phi) is 5.04. The van der Waals surface area contributed by atoms with E-state index in [-0.39, 0.29) is 5.92 Å². The molecule has 2 heterocycles. The molecule has 5 nitrogen and oxygen atoms in total. The minimum absolute atomic E-state index is 0.191. The molecule has 4 rings (SSSR count). The molecule has 0 aliphatic carbocycles. The van der Waals surface area contributed by atoms with Crippen LogP contribution in [-0.4, -0.2) is 10.1 Å². The maximum absolute atomic E-state index is 6.32. The largest absolute Gasteiger partial charge is 0.441 e. The van der Waals surface area contributed by atoms with E-state index in [1.54, 1.807) is 18.2 Å². The highest BCUT2D eigenvalue weighted by atomic mass is 35.5. The van der Waals surface area contributed by atoms with Crippen molar-refractivity contribution in [1.29, 1.82) is 0 Å². The molecule has 0 saturated carbocycles. The van der Waals surface area contributed by atoms with E-state index in [2.05, 4.69) is 19.0 Å². The quantitative estimate of drug-likeness (QED) is 0.388. The molecular formula is C21H19Cl2N3O2. The predicted octanol–water partition coefficient (Wildman–Crippen LogP) is 6.28. The summed E-state index contributed by atoms with van der Waals surface area (Å²) in [6, 6.07) is 10.8. The molecule has 2 N–H and O–H groups in total. The van der Waals surface area contributed by atoms with Crippen LogP contribution in [0.1, 0.15) is 36.9 Å². The van der Waals surface area contributed by atoms with Crippen LogP contribution in [0.5, 0.6) is 0 Å². The molecule has 4 aromatic rings. The number of hydrogen-bond donors (Lipinski definition) is 1. The SMILES string of the molecule is CC(C)c1oc(-c2ccc(Cl)cc2Cl)nc1CCc1noc2cc(N)ccc12. The monoisotopic (exact) mass is 415 g/mol. The Balaban J connectivity index is 1.64. The Morgan fingerprint density at radius 2 is 1.82 bits per heavy atom. The van der Waals surface area contributed by atoms with Gasteiger partial charge < -0.3 is 14.7 Å². The molecule has 0 radical (unpaired) electrons. The molecule has 28 heavy (non-hydrogen) atoms. The number of aryl methyl sites for hydroxylation is 2. The second kappa shape index (κ2) is 7.49. The number of rotatable bonds is 5. The van der Waals surface area contributed by atoms with Crippen molar-refractivity contribution in [3.05, 3.63) is 63.6 Å². The van der Waals surface area contributed by atoms with Crippen molar-refractivity contribution < 1.29 is 8.94 Å². The first-order valence-corrected chi connectivity index (χ1v) is 9.76. The standard InChI is InChI=1S/C21H19Cl2N3O2/c1-11(2)20-18(25-21(27-20)14-5-3-12(22)9-16(14)23)8-7-17-15-6-4-13(24)10-19(15)28-26-17/h3-6,9-11H,7-8,24H2,1-2H3. The van der Waals surface area contributed by atoms with Gasteiger partial charge in [-0.2, -0.15) is 0 Å². The molecule has 2 aromatic carbocycles. The number of nitrogens with two attached hydrogens (primary N) is 1. The number of nitrogen functional groups attached to an aromatic ring is 1. The number of anilines is 1. The first-order chi connectivity index (χ1) is 13.4. The van der Waals surface area contributed by atoms with Crippen LogP contribution in [0, 0.1) is 0 Å². The molecule has 0 aliphatic heterocycles. The Hall–Kier alpha value is -2.50. The summed E-state index contributed by atoms with van der Waals surface area (Å²) in [6.07, 6.45) is 1.35. The summed E-state index contributed by atoms with van der Waals surface area (Å²) in [5, 5.41) is 6.24. The van der Waals surface area contributed by atoms with Crippen molar-refractivity contribution in [3.8, 4) is 11.5 Å². The van der Waals surface area contributed by atoms with E-state index in [0.29, 0.717) is 40.0 Å². The molecule has 144 valence electrons. The van der Waals surface area contributed by atoms with E-state index in [9.17, 15) is 0 Å². The van der Waals surface area contributed by atoms with Crippen LogP contribution >= 0.6 is 23.2 Å². The van der Waals surface area contributed by atoms with Gasteiger partial charge >= 0.3 is 0 Å². The van der Waals surface area contributed by atoms with E-state index in [0.717, 1.165) is 28.1 Å². The number of hydrogen-bond acceptors (Lipinski definition) is 5. The molecular weight excluding hydrogens is 397 g/mol. The van der Waals surface area contributed by atoms with Gasteiger partial charge in [0.1, 0.15) is 5.76 Å². The third-order valence-electron chi connectivity index (χ3n) is 4.58. The van der Waals surface area contributed by atoms with Crippen molar-refractivity contribution in [2.24, 2.45) is 0 Å². The summed E-state index contributed by atoms with van der Waals surface area (Å²) >= 11 is 12.3. The maximum Gasteiger partial charge on any atom is 0.228 e. The number of fused-ring (bicyclic) bond motifs is 1. The zero-order chi connectivity index (χ0) is 19.8. The van der Waals surface area contributed by atoms with Crippen LogP contribution in [0.15, 0.2) is 45.3 Å². The normalized spacial score (nSPS) is 11.6.